The van der Waals surface area contributed by atoms with Crippen LogP contribution in [0.2, 0.25) is 0 Å². The van der Waals surface area contributed by atoms with Gasteiger partial charge in [0.1, 0.15) is 0 Å². The van der Waals surface area contributed by atoms with E-state index in [1.807, 2.05) is 0 Å². The third kappa shape index (κ3) is 427. The van der Waals surface area contributed by atoms with Gasteiger partial charge in [-0.3, -0.25) is 0 Å². The van der Waals surface area contributed by atoms with Crippen molar-refractivity contribution in [1.82, 2.24) is 0 Å². The van der Waals surface area contributed by atoms with E-state index in [4.69, 9.17) is 0 Å². The molecule has 0 aliphatic heterocycles. The number of rotatable bonds is 0. The standard InChI is InChI=1S/C2H3Cl2F.CHCl2F/c1-2(3,4)5;2-1(3)4/h1H3;1H. The topological polar surface area (TPSA) is 0 Å². The molecule has 0 saturated heterocycles. The Labute approximate surface area is 72.0 Å². The van der Waals surface area contributed by atoms with Crippen LogP contribution in [-0.2, 0) is 0 Å². The summed E-state index contributed by atoms with van der Waals surface area (Å²) in [6.07, 6.45) is 0. The third-order valence-corrected chi connectivity index (χ3v) is 0. The predicted octanol–water partition coefficient (Wildman–Crippen LogP) is 3.82. The summed E-state index contributed by atoms with van der Waals surface area (Å²) in [6, 6.07) is 0. The number of hydrogen-bond acceptors (Lipinski definition) is 0. The van der Waals surface area contributed by atoms with E-state index >= 15 is 0 Å². The van der Waals surface area contributed by atoms with Crippen LogP contribution in [0.25, 0.3) is 0 Å². The maximum absolute atomic E-state index is 11.2. The highest BCUT2D eigenvalue weighted by Gasteiger charge is 2.09. The van der Waals surface area contributed by atoms with Crippen molar-refractivity contribution in [3.05, 3.63) is 0 Å². The summed E-state index contributed by atoms with van der Waals surface area (Å²) in [5.41, 5.74) is 0. The highest BCUT2D eigenvalue weighted by atomic mass is 35.5. The molecule has 0 N–H and O–H groups in total. The Morgan fingerprint density at radius 3 is 1.33 bits per heavy atom. The highest BCUT2D eigenvalue weighted by Crippen LogP contribution is 2.19. The second-order valence-corrected chi connectivity index (χ2v) is 3.63. The van der Waals surface area contributed by atoms with Crippen LogP contribution < -0.4 is 0 Å². The van der Waals surface area contributed by atoms with Crippen LogP contribution in [0, 0.1) is 0 Å². The molecule has 6 heteroatoms. The molecule has 0 nitrogen and oxygen atoms in total. The molecule has 9 heavy (non-hydrogen) atoms. The number of hydrogen-bond donors (Lipinski definition) is 0. The maximum Gasteiger partial charge on any atom is 0.254 e. The van der Waals surface area contributed by atoms with Crippen molar-refractivity contribution in [2.45, 2.75) is 16.6 Å². The van der Waals surface area contributed by atoms with Crippen LogP contribution in [0.1, 0.15) is 6.92 Å². The quantitative estimate of drug-likeness (QED) is 0.544. The van der Waals surface area contributed by atoms with E-state index in [1.54, 1.807) is 0 Å². The van der Waals surface area contributed by atoms with Crippen LogP contribution >= 0.6 is 46.4 Å². The van der Waals surface area contributed by atoms with E-state index < -0.39 is 9.68 Å². The van der Waals surface area contributed by atoms with Crippen LogP contribution in [0.4, 0.5) is 8.78 Å². The fourth-order valence-electron chi connectivity index (χ4n) is 0. The zero-order valence-electron chi connectivity index (χ0n) is 4.35. The van der Waals surface area contributed by atoms with Gasteiger partial charge < -0.3 is 0 Å². The molecule has 0 aliphatic carbocycles. The first-order valence-electron chi connectivity index (χ1n) is 1.72. The van der Waals surface area contributed by atoms with Gasteiger partial charge in [-0.05, 0) is 6.92 Å². The summed E-state index contributed by atoms with van der Waals surface area (Å²) < 4.78 is 19.7. The lowest BCUT2D eigenvalue weighted by atomic mass is 10.9. The van der Waals surface area contributed by atoms with E-state index in [9.17, 15) is 8.78 Å². The molecular formula is C3H4Cl4F2. The lowest BCUT2D eigenvalue weighted by Gasteiger charge is -1.92. The molecule has 0 aliphatic rings. The third-order valence-electron chi connectivity index (χ3n) is 0. The van der Waals surface area contributed by atoms with Gasteiger partial charge in [0.2, 0.25) is 5.09 Å². The van der Waals surface area contributed by atoms with Crippen molar-refractivity contribution in [2.75, 3.05) is 0 Å². The minimum absolute atomic E-state index is 1.05. The van der Waals surface area contributed by atoms with Crippen molar-refractivity contribution in [3.63, 3.8) is 0 Å². The SMILES string of the molecule is CC(F)(Cl)Cl.FC(Cl)Cl. The zero-order valence-corrected chi connectivity index (χ0v) is 7.37. The van der Waals surface area contributed by atoms with Gasteiger partial charge in [-0.2, -0.15) is 0 Å². The Morgan fingerprint density at radius 2 is 1.33 bits per heavy atom. The molecule has 0 rings (SSSR count). The van der Waals surface area contributed by atoms with Crippen molar-refractivity contribution in [1.29, 1.82) is 0 Å². The molecule has 0 aromatic rings. The lowest BCUT2D eigenvalue weighted by molar-refractivity contribution is 0.424. The van der Waals surface area contributed by atoms with E-state index in [2.05, 4.69) is 46.4 Å². The van der Waals surface area contributed by atoms with Gasteiger partial charge in [0, 0.05) is 0 Å². The monoisotopic (exact) mass is 218 g/mol. The van der Waals surface area contributed by atoms with E-state index in [0.717, 1.165) is 6.92 Å². The summed E-state index contributed by atoms with van der Waals surface area (Å²) in [6.45, 7) is 1.05. The van der Waals surface area contributed by atoms with Crippen molar-refractivity contribution in [2.24, 2.45) is 0 Å². The van der Waals surface area contributed by atoms with Gasteiger partial charge in [-0.15, -0.1) is 0 Å². The van der Waals surface area contributed by atoms with Gasteiger partial charge in [0.15, 0.2) is 0 Å². The molecule has 0 unspecified atom stereocenters. The molecule has 0 heterocycles. The van der Waals surface area contributed by atoms with E-state index in [1.165, 1.54) is 0 Å². The van der Waals surface area contributed by atoms with Gasteiger partial charge >= 0.3 is 0 Å². The van der Waals surface area contributed by atoms with Gasteiger partial charge in [0.25, 0.3) is 4.59 Å². The average molecular weight is 220 g/mol. The molecule has 58 valence electrons. The second-order valence-electron chi connectivity index (χ2n) is 1.03. The lowest BCUT2D eigenvalue weighted by Crippen LogP contribution is -1.90. The Kier molecular flexibility index (Phi) is 8.14. The van der Waals surface area contributed by atoms with E-state index in [0.29, 0.717) is 0 Å². The first-order valence-corrected chi connectivity index (χ1v) is 3.35. The Bertz CT molecular complexity index is 50.6. The summed E-state index contributed by atoms with van der Waals surface area (Å²) in [5, 5.41) is -1.72. The summed E-state index contributed by atoms with van der Waals surface area (Å²) in [7, 11) is 0. The molecule has 0 aromatic carbocycles. The smallest absolute Gasteiger partial charge is 0.212 e. The number of alkyl halides is 6. The molecule has 0 bridgehead atoms. The minimum atomic E-state index is -2.06. The Balaban J connectivity index is 0. The fraction of sp³-hybridized carbons (Fsp3) is 1.00. The summed E-state index contributed by atoms with van der Waals surface area (Å²) >= 11 is 18.0. The van der Waals surface area contributed by atoms with Crippen LogP contribution in [0.15, 0.2) is 0 Å². The summed E-state index contributed by atoms with van der Waals surface area (Å²) in [5.74, 6) is 0. The first kappa shape index (κ1) is 12.7. The normalized spacial score (nSPS) is 10.7. The van der Waals surface area contributed by atoms with Crippen LogP contribution in [-0.4, -0.2) is 9.68 Å². The van der Waals surface area contributed by atoms with Gasteiger partial charge in [0.05, 0.1) is 0 Å². The fourth-order valence-corrected chi connectivity index (χ4v) is 0. The first-order chi connectivity index (χ1) is 3.73. The maximum atomic E-state index is 11.2. The number of halogens is 6. The highest BCUT2D eigenvalue weighted by molar-refractivity contribution is 6.46. The average Bonchev–Trinajstić information content (AvgIpc) is 1.19. The Morgan fingerprint density at radius 1 is 1.33 bits per heavy atom. The molecule has 0 amide bonds. The predicted molar refractivity (Wildman–Crippen MR) is 37.8 cm³/mol. The van der Waals surface area contributed by atoms with Crippen molar-refractivity contribution < 1.29 is 8.78 Å². The molecule has 0 fully saturated rings. The zero-order chi connectivity index (χ0) is 8.08. The van der Waals surface area contributed by atoms with E-state index in [-0.39, 0.29) is 0 Å². The molecule has 0 atom stereocenters. The van der Waals surface area contributed by atoms with Gasteiger partial charge in [-0.25, -0.2) is 8.78 Å². The van der Waals surface area contributed by atoms with Crippen LogP contribution in [0.5, 0.6) is 0 Å². The molecule has 0 saturated carbocycles. The minimum Gasteiger partial charge on any atom is -0.212 e. The van der Waals surface area contributed by atoms with Crippen molar-refractivity contribution >= 4 is 46.4 Å². The summed E-state index contributed by atoms with van der Waals surface area (Å²) in [4.78, 5) is 0. The van der Waals surface area contributed by atoms with Crippen molar-refractivity contribution in [3.8, 4) is 0 Å². The largest absolute Gasteiger partial charge is 0.254 e. The molecular weight excluding hydrogens is 216 g/mol. The van der Waals surface area contributed by atoms with Crippen LogP contribution in [0.3, 0.4) is 0 Å². The van der Waals surface area contributed by atoms with Gasteiger partial charge in [-0.1, -0.05) is 46.4 Å². The Hall–Kier alpha value is 1.02. The molecule has 0 radical (unpaired) electrons. The molecule has 0 aromatic heterocycles. The molecule has 0 spiro atoms. The second kappa shape index (κ2) is 5.78.